The van der Waals surface area contributed by atoms with Gasteiger partial charge in [0, 0.05) is 36.0 Å². The minimum atomic E-state index is -3.76. The van der Waals surface area contributed by atoms with E-state index in [2.05, 4.69) is 14.7 Å². The molecule has 170 valence electrons. The molecule has 0 saturated heterocycles. The minimum absolute atomic E-state index is 0.104. The summed E-state index contributed by atoms with van der Waals surface area (Å²) in [6.07, 6.45) is 1.57. The van der Waals surface area contributed by atoms with Crippen molar-refractivity contribution in [3.8, 4) is 23.0 Å². The maximum atomic E-state index is 14.1. The Morgan fingerprint density at radius 1 is 1.16 bits per heavy atom. The Kier molecular flexibility index (Phi) is 6.58. The van der Waals surface area contributed by atoms with Gasteiger partial charge in [-0.3, -0.25) is 9.52 Å². The predicted molar refractivity (Wildman–Crippen MR) is 116 cm³/mol. The Hall–Kier alpha value is -3.34. The van der Waals surface area contributed by atoms with Crippen LogP contribution in [0.25, 0.3) is 11.3 Å². The van der Waals surface area contributed by atoms with E-state index >= 15 is 0 Å². The van der Waals surface area contributed by atoms with Crippen LogP contribution in [0.2, 0.25) is 0 Å². The minimum Gasteiger partial charge on any atom is -0.421 e. The summed E-state index contributed by atoms with van der Waals surface area (Å²) in [6, 6.07) is 5.33. The molecular formula is C21H22F2N4O4S. The molecule has 0 bridgehead atoms. The molecule has 0 radical (unpaired) electrons. The summed E-state index contributed by atoms with van der Waals surface area (Å²) < 4.78 is 61.2. The standard InChI is InChI=1S/C21H22F2N4O4S/c1-5-27-11-14(8-13(4)20(27)28)17-10-19(26-32(29,30)12(2)3)25-21(24-17)31-18-7-6-15(22)9-16(18)23/h6-12H,5H2,1-4H3,(H,24,25,26). The Morgan fingerprint density at radius 2 is 1.88 bits per heavy atom. The number of anilines is 1. The first-order chi connectivity index (χ1) is 15.0. The summed E-state index contributed by atoms with van der Waals surface area (Å²) in [5.41, 5.74) is 1.03. The lowest BCUT2D eigenvalue weighted by Gasteiger charge is -2.14. The van der Waals surface area contributed by atoms with Crippen molar-refractivity contribution in [1.82, 2.24) is 14.5 Å². The first-order valence-corrected chi connectivity index (χ1v) is 11.3. The first kappa shape index (κ1) is 23.3. The van der Waals surface area contributed by atoms with Crippen LogP contribution in [-0.2, 0) is 16.6 Å². The summed E-state index contributed by atoms with van der Waals surface area (Å²) in [7, 11) is -3.76. The number of rotatable bonds is 7. The number of nitrogens with zero attached hydrogens (tertiary/aromatic N) is 3. The van der Waals surface area contributed by atoms with Crippen molar-refractivity contribution in [2.45, 2.75) is 39.5 Å². The van der Waals surface area contributed by atoms with Gasteiger partial charge in [-0.25, -0.2) is 17.2 Å². The third-order valence-electron chi connectivity index (χ3n) is 4.57. The van der Waals surface area contributed by atoms with Gasteiger partial charge in [0.1, 0.15) is 11.6 Å². The Labute approximate surface area is 184 Å². The monoisotopic (exact) mass is 464 g/mol. The number of halogens is 2. The maximum Gasteiger partial charge on any atom is 0.324 e. The van der Waals surface area contributed by atoms with Gasteiger partial charge in [0.2, 0.25) is 10.0 Å². The molecule has 32 heavy (non-hydrogen) atoms. The van der Waals surface area contributed by atoms with Crippen molar-refractivity contribution < 1.29 is 21.9 Å². The molecule has 0 aliphatic rings. The third kappa shape index (κ3) is 5.10. The summed E-state index contributed by atoms with van der Waals surface area (Å²) >= 11 is 0. The van der Waals surface area contributed by atoms with Crippen molar-refractivity contribution >= 4 is 15.8 Å². The van der Waals surface area contributed by atoms with E-state index in [1.54, 1.807) is 26.1 Å². The summed E-state index contributed by atoms with van der Waals surface area (Å²) in [4.78, 5) is 20.5. The predicted octanol–water partition coefficient (Wildman–Crippen LogP) is 3.85. The van der Waals surface area contributed by atoms with Gasteiger partial charge in [-0.2, -0.15) is 9.97 Å². The van der Waals surface area contributed by atoms with E-state index in [1.165, 1.54) is 24.5 Å². The van der Waals surface area contributed by atoms with Crippen LogP contribution in [0.15, 0.2) is 41.3 Å². The smallest absolute Gasteiger partial charge is 0.324 e. The molecule has 0 aliphatic heterocycles. The van der Waals surface area contributed by atoms with E-state index in [9.17, 15) is 22.0 Å². The number of ether oxygens (including phenoxy) is 1. The van der Waals surface area contributed by atoms with Crippen LogP contribution in [0.4, 0.5) is 14.6 Å². The number of benzene rings is 1. The lowest BCUT2D eigenvalue weighted by atomic mass is 10.1. The average Bonchev–Trinajstić information content (AvgIpc) is 2.71. The summed E-state index contributed by atoms with van der Waals surface area (Å²) in [6.45, 7) is 6.85. The van der Waals surface area contributed by atoms with E-state index in [0.29, 0.717) is 23.7 Å². The number of nitrogens with one attached hydrogen (secondary N) is 1. The zero-order chi connectivity index (χ0) is 23.6. The van der Waals surface area contributed by atoms with Gasteiger partial charge in [0.05, 0.1) is 10.9 Å². The lowest BCUT2D eigenvalue weighted by molar-refractivity contribution is 0.409. The normalized spacial score (nSPS) is 11.6. The van der Waals surface area contributed by atoms with Crippen molar-refractivity contribution in [2.75, 3.05) is 4.72 Å². The second-order valence-electron chi connectivity index (χ2n) is 7.30. The molecule has 0 unspecified atom stereocenters. The molecule has 1 aromatic carbocycles. The zero-order valence-electron chi connectivity index (χ0n) is 17.9. The fourth-order valence-corrected chi connectivity index (χ4v) is 3.38. The molecule has 11 heteroatoms. The van der Waals surface area contributed by atoms with Crippen LogP contribution in [-0.4, -0.2) is 28.2 Å². The first-order valence-electron chi connectivity index (χ1n) is 9.75. The molecule has 3 aromatic rings. The Balaban J connectivity index is 2.14. The van der Waals surface area contributed by atoms with Crippen molar-refractivity contribution in [2.24, 2.45) is 0 Å². The van der Waals surface area contributed by atoms with Gasteiger partial charge >= 0.3 is 6.01 Å². The van der Waals surface area contributed by atoms with Crippen LogP contribution in [0.5, 0.6) is 11.8 Å². The molecule has 1 N–H and O–H groups in total. The highest BCUT2D eigenvalue weighted by Gasteiger charge is 2.19. The second-order valence-corrected chi connectivity index (χ2v) is 9.53. The quantitative estimate of drug-likeness (QED) is 0.570. The van der Waals surface area contributed by atoms with E-state index < -0.39 is 26.9 Å². The fraction of sp³-hybridized carbons (Fsp3) is 0.286. The number of hydrogen-bond acceptors (Lipinski definition) is 6. The summed E-state index contributed by atoms with van der Waals surface area (Å²) in [5.74, 6) is -2.20. The van der Waals surface area contributed by atoms with E-state index in [4.69, 9.17) is 4.74 Å². The molecule has 0 atom stereocenters. The molecular weight excluding hydrogens is 442 g/mol. The van der Waals surface area contributed by atoms with Crippen LogP contribution >= 0.6 is 0 Å². The van der Waals surface area contributed by atoms with E-state index in [1.807, 2.05) is 0 Å². The van der Waals surface area contributed by atoms with Crippen molar-refractivity contribution in [3.05, 3.63) is 64.1 Å². The Morgan fingerprint density at radius 3 is 2.50 bits per heavy atom. The number of pyridine rings is 1. The third-order valence-corrected chi connectivity index (χ3v) is 6.30. The van der Waals surface area contributed by atoms with Gasteiger partial charge in [-0.1, -0.05) is 0 Å². The van der Waals surface area contributed by atoms with Crippen molar-refractivity contribution in [1.29, 1.82) is 0 Å². The van der Waals surface area contributed by atoms with Crippen LogP contribution < -0.4 is 15.0 Å². The van der Waals surface area contributed by atoms with Crippen LogP contribution in [0.3, 0.4) is 0 Å². The molecule has 0 aliphatic carbocycles. The SMILES string of the molecule is CCn1cc(-c2cc(NS(=O)(=O)C(C)C)nc(Oc3ccc(F)cc3F)n2)cc(C)c1=O. The molecule has 2 heterocycles. The largest absolute Gasteiger partial charge is 0.421 e. The van der Waals surface area contributed by atoms with Gasteiger partial charge in [0.25, 0.3) is 5.56 Å². The second kappa shape index (κ2) is 9.03. The number of hydrogen-bond donors (Lipinski definition) is 1. The molecule has 8 nitrogen and oxygen atoms in total. The van der Waals surface area contributed by atoms with Gasteiger partial charge in [-0.15, -0.1) is 0 Å². The highest BCUT2D eigenvalue weighted by molar-refractivity contribution is 7.93. The fourth-order valence-electron chi connectivity index (χ4n) is 2.75. The number of aromatic nitrogens is 3. The number of sulfonamides is 1. The molecule has 0 saturated carbocycles. The van der Waals surface area contributed by atoms with E-state index in [-0.39, 0.29) is 28.8 Å². The zero-order valence-corrected chi connectivity index (χ0v) is 18.7. The topological polar surface area (TPSA) is 103 Å². The lowest BCUT2D eigenvalue weighted by Crippen LogP contribution is -2.23. The Bertz CT molecular complexity index is 1320. The highest BCUT2D eigenvalue weighted by Crippen LogP contribution is 2.27. The van der Waals surface area contributed by atoms with Gasteiger partial charge in [-0.05, 0) is 45.9 Å². The molecule has 0 spiro atoms. The average molecular weight is 464 g/mol. The number of aryl methyl sites for hydroxylation is 2. The molecule has 3 rings (SSSR count). The van der Waals surface area contributed by atoms with Gasteiger partial charge in [0.15, 0.2) is 11.6 Å². The maximum absolute atomic E-state index is 14.1. The van der Waals surface area contributed by atoms with Gasteiger partial charge < -0.3 is 9.30 Å². The summed E-state index contributed by atoms with van der Waals surface area (Å²) in [5, 5.41) is -0.746. The van der Waals surface area contributed by atoms with Crippen LogP contribution in [0, 0.1) is 18.6 Å². The molecule has 2 aromatic heterocycles. The highest BCUT2D eigenvalue weighted by atomic mass is 32.2. The van der Waals surface area contributed by atoms with E-state index in [0.717, 1.165) is 12.1 Å². The molecule has 0 amide bonds. The molecule has 0 fully saturated rings. The van der Waals surface area contributed by atoms with Crippen LogP contribution in [0.1, 0.15) is 26.3 Å². The van der Waals surface area contributed by atoms with Crippen molar-refractivity contribution in [3.63, 3.8) is 0 Å².